The number of amides is 1. The van der Waals surface area contributed by atoms with E-state index in [1.54, 1.807) is 17.1 Å². The minimum atomic E-state index is 0.0205. The summed E-state index contributed by atoms with van der Waals surface area (Å²) in [5, 5.41) is 4.09. The van der Waals surface area contributed by atoms with Crippen molar-refractivity contribution in [3.63, 3.8) is 0 Å². The minimum absolute atomic E-state index is 0.0205. The molecule has 2 aliphatic rings. The second kappa shape index (κ2) is 7.13. The molecule has 0 radical (unpaired) electrons. The molecule has 2 aromatic rings. The largest absolute Gasteiger partial charge is 0.485 e. The van der Waals surface area contributed by atoms with Gasteiger partial charge in [0.1, 0.15) is 12.6 Å². The number of hydrogen-bond acceptors (Lipinski definition) is 5. The molecular weight excluding hydrogens is 318 g/mol. The predicted octanol–water partition coefficient (Wildman–Crippen LogP) is 1.56. The standard InChI is InChI=1S/C18H23N5O2/c24-17(14-23-11-4-8-20-23)22-12-6-15(13-22)25-16-5-3-7-19-18(16)21-9-1-2-10-21/h3-5,7-8,11,15H,1-2,6,9-10,12-14H2. The van der Waals surface area contributed by atoms with Crippen molar-refractivity contribution < 1.29 is 9.53 Å². The minimum Gasteiger partial charge on any atom is -0.485 e. The number of rotatable bonds is 5. The van der Waals surface area contributed by atoms with E-state index in [9.17, 15) is 4.79 Å². The third-order valence-electron chi connectivity index (χ3n) is 4.80. The van der Waals surface area contributed by atoms with Crippen LogP contribution in [0.15, 0.2) is 36.8 Å². The van der Waals surface area contributed by atoms with Gasteiger partial charge in [0.2, 0.25) is 5.91 Å². The average molecular weight is 341 g/mol. The summed E-state index contributed by atoms with van der Waals surface area (Å²) in [5.74, 6) is 1.85. The lowest BCUT2D eigenvalue weighted by molar-refractivity contribution is -0.131. The molecule has 4 rings (SSSR count). The molecule has 2 fully saturated rings. The number of anilines is 1. The van der Waals surface area contributed by atoms with Gasteiger partial charge in [-0.2, -0.15) is 5.10 Å². The molecule has 0 aromatic carbocycles. The lowest BCUT2D eigenvalue weighted by atomic mass is 10.3. The normalized spacial score (nSPS) is 20.2. The lowest BCUT2D eigenvalue weighted by Crippen LogP contribution is -2.33. The Morgan fingerprint density at radius 2 is 2.08 bits per heavy atom. The number of nitrogens with zero attached hydrogens (tertiary/aromatic N) is 5. The molecule has 0 bridgehead atoms. The van der Waals surface area contributed by atoms with Gasteiger partial charge in [0.25, 0.3) is 0 Å². The quantitative estimate of drug-likeness (QED) is 0.826. The third-order valence-corrected chi connectivity index (χ3v) is 4.80. The van der Waals surface area contributed by atoms with E-state index in [1.807, 2.05) is 29.3 Å². The highest BCUT2D eigenvalue weighted by molar-refractivity contribution is 5.76. The highest BCUT2D eigenvalue weighted by Crippen LogP contribution is 2.30. The Morgan fingerprint density at radius 1 is 1.20 bits per heavy atom. The van der Waals surface area contributed by atoms with Crippen LogP contribution in [0.25, 0.3) is 0 Å². The zero-order chi connectivity index (χ0) is 17.1. The van der Waals surface area contributed by atoms with Gasteiger partial charge in [-0.05, 0) is 31.0 Å². The van der Waals surface area contributed by atoms with E-state index in [0.717, 1.165) is 37.6 Å². The molecule has 1 unspecified atom stereocenters. The number of likely N-dealkylation sites (tertiary alicyclic amines) is 1. The Labute approximate surface area is 147 Å². The van der Waals surface area contributed by atoms with Crippen molar-refractivity contribution in [1.82, 2.24) is 19.7 Å². The van der Waals surface area contributed by atoms with Crippen molar-refractivity contribution in [3.05, 3.63) is 36.8 Å². The first kappa shape index (κ1) is 15.9. The average Bonchev–Trinajstić information content (AvgIpc) is 3.38. The van der Waals surface area contributed by atoms with Crippen molar-refractivity contribution in [2.24, 2.45) is 0 Å². The van der Waals surface area contributed by atoms with Crippen molar-refractivity contribution >= 4 is 11.7 Å². The van der Waals surface area contributed by atoms with E-state index in [0.29, 0.717) is 6.54 Å². The maximum absolute atomic E-state index is 12.4. The van der Waals surface area contributed by atoms with E-state index in [1.165, 1.54) is 12.8 Å². The van der Waals surface area contributed by atoms with E-state index in [2.05, 4.69) is 15.0 Å². The van der Waals surface area contributed by atoms with Gasteiger partial charge >= 0.3 is 0 Å². The Kier molecular flexibility index (Phi) is 4.54. The maximum atomic E-state index is 12.4. The fraction of sp³-hybridized carbons (Fsp3) is 0.500. The molecule has 4 heterocycles. The molecule has 0 aliphatic carbocycles. The van der Waals surface area contributed by atoms with E-state index in [-0.39, 0.29) is 18.6 Å². The Bertz CT molecular complexity index is 712. The first-order chi connectivity index (χ1) is 12.3. The number of carbonyl (C=O) groups is 1. The van der Waals surface area contributed by atoms with Crippen molar-refractivity contribution in [2.75, 3.05) is 31.1 Å². The lowest BCUT2D eigenvalue weighted by Gasteiger charge is -2.22. The summed E-state index contributed by atoms with van der Waals surface area (Å²) in [6.07, 6.45) is 8.58. The summed E-state index contributed by atoms with van der Waals surface area (Å²) in [7, 11) is 0. The molecule has 25 heavy (non-hydrogen) atoms. The first-order valence-corrected chi connectivity index (χ1v) is 8.91. The van der Waals surface area contributed by atoms with Gasteiger partial charge < -0.3 is 14.5 Å². The van der Waals surface area contributed by atoms with Crippen LogP contribution in [-0.4, -0.2) is 57.9 Å². The van der Waals surface area contributed by atoms with Crippen LogP contribution in [0.5, 0.6) is 5.75 Å². The number of ether oxygens (including phenoxy) is 1. The van der Waals surface area contributed by atoms with Crippen LogP contribution in [0.4, 0.5) is 5.82 Å². The van der Waals surface area contributed by atoms with Gasteiger partial charge in [0.15, 0.2) is 11.6 Å². The molecule has 1 amide bonds. The first-order valence-electron chi connectivity index (χ1n) is 8.91. The van der Waals surface area contributed by atoms with Gasteiger partial charge in [-0.15, -0.1) is 0 Å². The molecular formula is C18H23N5O2. The summed E-state index contributed by atoms with van der Waals surface area (Å²) in [5.41, 5.74) is 0. The molecule has 1 atom stereocenters. The van der Waals surface area contributed by atoms with E-state index < -0.39 is 0 Å². The van der Waals surface area contributed by atoms with Gasteiger partial charge in [0.05, 0.1) is 6.54 Å². The topological polar surface area (TPSA) is 63.5 Å². The van der Waals surface area contributed by atoms with Gasteiger partial charge in [-0.25, -0.2) is 4.98 Å². The highest BCUT2D eigenvalue weighted by atomic mass is 16.5. The monoisotopic (exact) mass is 341 g/mol. The molecule has 2 saturated heterocycles. The number of hydrogen-bond donors (Lipinski definition) is 0. The molecule has 0 saturated carbocycles. The maximum Gasteiger partial charge on any atom is 0.244 e. The second-order valence-electron chi connectivity index (χ2n) is 6.59. The third kappa shape index (κ3) is 3.60. The Balaban J connectivity index is 1.37. The van der Waals surface area contributed by atoms with Crippen molar-refractivity contribution in [3.8, 4) is 5.75 Å². The van der Waals surface area contributed by atoms with Gasteiger partial charge in [0, 0.05) is 44.6 Å². The molecule has 7 nitrogen and oxygen atoms in total. The highest BCUT2D eigenvalue weighted by Gasteiger charge is 2.29. The fourth-order valence-corrected chi connectivity index (χ4v) is 3.50. The number of aromatic nitrogens is 3. The fourth-order valence-electron chi connectivity index (χ4n) is 3.50. The predicted molar refractivity (Wildman–Crippen MR) is 93.5 cm³/mol. The summed E-state index contributed by atoms with van der Waals surface area (Å²) < 4.78 is 7.87. The SMILES string of the molecule is O=C(Cn1cccn1)N1CCC(Oc2cccnc2N2CCCC2)C1. The zero-order valence-corrected chi connectivity index (χ0v) is 14.3. The van der Waals surface area contributed by atoms with Gasteiger partial charge in [-0.3, -0.25) is 9.48 Å². The summed E-state index contributed by atoms with van der Waals surface area (Å²) in [4.78, 5) is 21.0. The molecule has 2 aliphatic heterocycles. The van der Waals surface area contributed by atoms with Crippen LogP contribution in [0.3, 0.4) is 0 Å². The zero-order valence-electron chi connectivity index (χ0n) is 14.3. The van der Waals surface area contributed by atoms with Crippen LogP contribution >= 0.6 is 0 Å². The van der Waals surface area contributed by atoms with Crippen LogP contribution in [0, 0.1) is 0 Å². The Morgan fingerprint density at radius 3 is 2.88 bits per heavy atom. The molecule has 7 heteroatoms. The van der Waals surface area contributed by atoms with Crippen molar-refractivity contribution in [2.45, 2.75) is 31.9 Å². The second-order valence-corrected chi connectivity index (χ2v) is 6.59. The summed E-state index contributed by atoms with van der Waals surface area (Å²) >= 11 is 0. The van der Waals surface area contributed by atoms with Crippen LogP contribution in [0.1, 0.15) is 19.3 Å². The van der Waals surface area contributed by atoms with Gasteiger partial charge in [-0.1, -0.05) is 0 Å². The van der Waals surface area contributed by atoms with Crippen LogP contribution in [0.2, 0.25) is 0 Å². The molecule has 0 spiro atoms. The molecule has 132 valence electrons. The van der Waals surface area contributed by atoms with E-state index >= 15 is 0 Å². The smallest absolute Gasteiger partial charge is 0.244 e. The number of pyridine rings is 1. The summed E-state index contributed by atoms with van der Waals surface area (Å²) in [6.45, 7) is 3.70. The Hall–Kier alpha value is -2.57. The van der Waals surface area contributed by atoms with Crippen LogP contribution in [-0.2, 0) is 11.3 Å². The van der Waals surface area contributed by atoms with E-state index in [4.69, 9.17) is 4.74 Å². The molecule has 2 aromatic heterocycles. The van der Waals surface area contributed by atoms with Crippen LogP contribution < -0.4 is 9.64 Å². The summed E-state index contributed by atoms with van der Waals surface area (Å²) in [6, 6.07) is 5.71. The number of carbonyl (C=O) groups excluding carboxylic acids is 1. The molecule has 0 N–H and O–H groups in total. The van der Waals surface area contributed by atoms with Crippen molar-refractivity contribution in [1.29, 1.82) is 0 Å².